The van der Waals surface area contributed by atoms with E-state index in [1.165, 1.54) is 0 Å². The first-order valence-corrected chi connectivity index (χ1v) is 11.3. The number of aliphatic hydroxyl groups excluding tert-OH is 1. The van der Waals surface area contributed by atoms with Crippen molar-refractivity contribution in [3.63, 3.8) is 0 Å². The summed E-state index contributed by atoms with van der Waals surface area (Å²) in [6.45, 7) is 3.34. The average Bonchev–Trinajstić information content (AvgIpc) is 2.83. The lowest BCUT2D eigenvalue weighted by Crippen LogP contribution is -2.37. The summed E-state index contributed by atoms with van der Waals surface area (Å²) in [6.07, 6.45) is 0.133. The van der Waals surface area contributed by atoms with Crippen molar-refractivity contribution < 1.29 is 19.3 Å². The van der Waals surface area contributed by atoms with Crippen LogP contribution in [-0.2, 0) is 13.0 Å². The highest BCUT2D eigenvalue weighted by Crippen LogP contribution is 2.29. The molecule has 0 aromatic heterocycles. The predicted molar refractivity (Wildman–Crippen MR) is 133 cm³/mol. The van der Waals surface area contributed by atoms with Gasteiger partial charge in [0.2, 0.25) is 0 Å². The zero-order valence-electron chi connectivity index (χ0n) is 19.6. The third kappa shape index (κ3) is 6.87. The van der Waals surface area contributed by atoms with E-state index in [-0.39, 0.29) is 6.04 Å². The highest BCUT2D eigenvalue weighted by atomic mass is 35.5. The van der Waals surface area contributed by atoms with Crippen LogP contribution in [0.2, 0.25) is 5.02 Å². The molecule has 0 aliphatic heterocycles. The molecule has 0 spiro atoms. The van der Waals surface area contributed by atoms with Crippen LogP contribution in [0.1, 0.15) is 29.7 Å². The number of hydrogen-bond donors (Lipinski definition) is 1. The fraction of sp³-hybridized carbons (Fsp3) is 0.333. The van der Waals surface area contributed by atoms with E-state index in [2.05, 4.69) is 30.0 Å². The average molecular weight is 470 g/mol. The van der Waals surface area contributed by atoms with Crippen molar-refractivity contribution in [3.8, 4) is 17.2 Å². The van der Waals surface area contributed by atoms with Crippen molar-refractivity contribution in [1.82, 2.24) is 4.90 Å². The minimum atomic E-state index is -0.658. The van der Waals surface area contributed by atoms with Gasteiger partial charge in [-0.1, -0.05) is 41.9 Å². The van der Waals surface area contributed by atoms with E-state index in [1.807, 2.05) is 48.5 Å². The number of nitrogens with zero attached hydrogens (tertiary/aromatic N) is 1. The van der Waals surface area contributed by atoms with Crippen LogP contribution in [0.4, 0.5) is 0 Å². The Morgan fingerprint density at radius 1 is 0.848 bits per heavy atom. The second kappa shape index (κ2) is 11.9. The molecule has 6 heteroatoms. The number of rotatable bonds is 11. The molecule has 2 unspecified atom stereocenters. The van der Waals surface area contributed by atoms with E-state index in [9.17, 15) is 5.11 Å². The molecule has 0 saturated heterocycles. The fourth-order valence-electron chi connectivity index (χ4n) is 3.89. The van der Waals surface area contributed by atoms with Crippen molar-refractivity contribution >= 4 is 11.6 Å². The summed E-state index contributed by atoms with van der Waals surface area (Å²) >= 11 is 6.15. The molecular formula is C27H32ClNO4. The zero-order chi connectivity index (χ0) is 23.8. The normalized spacial score (nSPS) is 12.9. The Kier molecular flexibility index (Phi) is 9.01. The number of halogens is 1. The summed E-state index contributed by atoms with van der Waals surface area (Å²) in [7, 11) is 4.93. The first-order chi connectivity index (χ1) is 15.9. The van der Waals surface area contributed by atoms with Gasteiger partial charge in [-0.15, -0.1) is 0 Å². The summed E-state index contributed by atoms with van der Waals surface area (Å²) < 4.78 is 16.1. The molecule has 176 valence electrons. The summed E-state index contributed by atoms with van der Waals surface area (Å²) in [6, 6.07) is 21.6. The Morgan fingerprint density at radius 3 is 2.18 bits per heavy atom. The van der Waals surface area contributed by atoms with E-state index < -0.39 is 6.10 Å². The maximum Gasteiger partial charge on any atom is 0.160 e. The fourth-order valence-corrected chi connectivity index (χ4v) is 4.08. The summed E-state index contributed by atoms with van der Waals surface area (Å²) in [5.41, 5.74) is 3.09. The number of methoxy groups -OCH3 is 3. The SMILES string of the molecule is COc1ccc(CN(CC(O)c2cccc(Cl)c2)C(C)Cc2ccc(OC)c(OC)c2)cc1. The maximum absolute atomic E-state index is 11.0. The van der Waals surface area contributed by atoms with Crippen molar-refractivity contribution in [2.24, 2.45) is 0 Å². The Balaban J connectivity index is 1.81. The minimum absolute atomic E-state index is 0.152. The molecule has 0 bridgehead atoms. The molecule has 3 aromatic carbocycles. The van der Waals surface area contributed by atoms with E-state index >= 15 is 0 Å². The Hall–Kier alpha value is -2.73. The quantitative estimate of drug-likeness (QED) is 0.400. The molecule has 0 saturated carbocycles. The smallest absolute Gasteiger partial charge is 0.160 e. The van der Waals surface area contributed by atoms with Crippen molar-refractivity contribution in [1.29, 1.82) is 0 Å². The van der Waals surface area contributed by atoms with Gasteiger partial charge in [0.15, 0.2) is 11.5 Å². The van der Waals surface area contributed by atoms with Gasteiger partial charge in [0.25, 0.3) is 0 Å². The molecule has 0 amide bonds. The molecule has 0 radical (unpaired) electrons. The van der Waals surface area contributed by atoms with E-state index in [4.69, 9.17) is 25.8 Å². The highest BCUT2D eigenvalue weighted by Gasteiger charge is 2.20. The summed E-state index contributed by atoms with van der Waals surface area (Å²) in [5.74, 6) is 2.24. The van der Waals surface area contributed by atoms with Gasteiger partial charge in [-0.25, -0.2) is 0 Å². The molecule has 2 atom stereocenters. The van der Waals surface area contributed by atoms with Crippen LogP contribution in [0, 0.1) is 0 Å². The molecule has 0 aliphatic rings. The molecule has 0 heterocycles. The van der Waals surface area contributed by atoms with Crippen LogP contribution in [0.3, 0.4) is 0 Å². The lowest BCUT2D eigenvalue weighted by atomic mass is 10.0. The van der Waals surface area contributed by atoms with Gasteiger partial charge in [0, 0.05) is 24.2 Å². The first kappa shape index (κ1) is 24.9. The van der Waals surface area contributed by atoms with Crippen molar-refractivity contribution in [3.05, 3.63) is 88.4 Å². The van der Waals surface area contributed by atoms with Gasteiger partial charge >= 0.3 is 0 Å². The van der Waals surface area contributed by atoms with Crippen molar-refractivity contribution in [2.75, 3.05) is 27.9 Å². The van der Waals surface area contributed by atoms with Crippen LogP contribution in [0.15, 0.2) is 66.7 Å². The minimum Gasteiger partial charge on any atom is -0.497 e. The van der Waals surface area contributed by atoms with Gasteiger partial charge in [0.1, 0.15) is 5.75 Å². The molecular weight excluding hydrogens is 438 g/mol. The second-order valence-electron chi connectivity index (χ2n) is 8.09. The lowest BCUT2D eigenvalue weighted by Gasteiger charge is -2.31. The number of aliphatic hydroxyl groups is 1. The van der Waals surface area contributed by atoms with Gasteiger partial charge in [0.05, 0.1) is 27.4 Å². The molecule has 3 rings (SSSR count). The van der Waals surface area contributed by atoms with Crippen LogP contribution < -0.4 is 14.2 Å². The second-order valence-corrected chi connectivity index (χ2v) is 8.53. The van der Waals surface area contributed by atoms with Gasteiger partial charge < -0.3 is 19.3 Å². The van der Waals surface area contributed by atoms with E-state index in [0.717, 1.165) is 28.9 Å². The van der Waals surface area contributed by atoms with Gasteiger partial charge in [-0.2, -0.15) is 0 Å². The number of ether oxygens (including phenoxy) is 3. The number of hydrogen-bond acceptors (Lipinski definition) is 5. The molecule has 1 N–H and O–H groups in total. The summed E-state index contributed by atoms with van der Waals surface area (Å²) in [5, 5.41) is 11.6. The molecule has 5 nitrogen and oxygen atoms in total. The molecule has 3 aromatic rings. The van der Waals surface area contributed by atoms with Crippen LogP contribution >= 0.6 is 11.6 Å². The topological polar surface area (TPSA) is 51.2 Å². The van der Waals surface area contributed by atoms with E-state index in [1.54, 1.807) is 21.3 Å². The standard InChI is InChI=1S/C27H32ClNO4/c1-19(14-21-10-13-26(32-3)27(15-21)33-4)29(17-20-8-11-24(31-2)12-9-20)18-25(30)22-6-5-7-23(28)16-22/h5-13,15-16,19,25,30H,14,17-18H2,1-4H3. The van der Waals surface area contributed by atoms with Gasteiger partial charge in [-0.3, -0.25) is 4.90 Å². The summed E-state index contributed by atoms with van der Waals surface area (Å²) in [4.78, 5) is 2.28. The number of benzene rings is 3. The van der Waals surface area contributed by atoms with Gasteiger partial charge in [-0.05, 0) is 66.4 Å². The largest absolute Gasteiger partial charge is 0.497 e. The van der Waals surface area contributed by atoms with Crippen LogP contribution in [-0.4, -0.2) is 43.9 Å². The van der Waals surface area contributed by atoms with E-state index in [0.29, 0.717) is 29.6 Å². The Morgan fingerprint density at radius 2 is 1.55 bits per heavy atom. The first-order valence-electron chi connectivity index (χ1n) is 10.9. The molecule has 0 fully saturated rings. The van der Waals surface area contributed by atoms with Crippen molar-refractivity contribution in [2.45, 2.75) is 32.0 Å². The van der Waals surface area contributed by atoms with Crippen LogP contribution in [0.25, 0.3) is 0 Å². The Labute approximate surface area is 201 Å². The Bertz CT molecular complexity index is 1020. The molecule has 33 heavy (non-hydrogen) atoms. The van der Waals surface area contributed by atoms with Crippen LogP contribution in [0.5, 0.6) is 17.2 Å². The molecule has 0 aliphatic carbocycles. The third-order valence-corrected chi connectivity index (χ3v) is 6.02. The highest BCUT2D eigenvalue weighted by molar-refractivity contribution is 6.30. The maximum atomic E-state index is 11.0. The third-order valence-electron chi connectivity index (χ3n) is 5.79. The lowest BCUT2D eigenvalue weighted by molar-refractivity contribution is 0.0859. The predicted octanol–water partition coefficient (Wildman–Crippen LogP) is 5.53. The zero-order valence-corrected chi connectivity index (χ0v) is 20.4. The monoisotopic (exact) mass is 469 g/mol.